The first-order chi connectivity index (χ1) is 15.7. The zero-order chi connectivity index (χ0) is 24.2. The van der Waals surface area contributed by atoms with E-state index in [1.807, 2.05) is 0 Å². The molecule has 0 saturated heterocycles. The van der Waals surface area contributed by atoms with E-state index >= 15 is 0 Å². The van der Waals surface area contributed by atoms with Crippen molar-refractivity contribution in [3.05, 3.63) is 82.4 Å². The Morgan fingerprint density at radius 2 is 1.52 bits per heavy atom. The van der Waals surface area contributed by atoms with Gasteiger partial charge in [-0.15, -0.1) is 0 Å². The number of anilines is 1. The average molecular weight is 473 g/mol. The summed E-state index contributed by atoms with van der Waals surface area (Å²) in [6.07, 6.45) is 0. The van der Waals surface area contributed by atoms with Crippen LogP contribution in [0.5, 0.6) is 17.2 Å². The zero-order valence-electron chi connectivity index (χ0n) is 18.6. The van der Waals surface area contributed by atoms with Gasteiger partial charge in [-0.25, -0.2) is 8.42 Å². The van der Waals surface area contributed by atoms with E-state index < -0.39 is 21.0 Å². The summed E-state index contributed by atoms with van der Waals surface area (Å²) in [4.78, 5) is 10.3. The second kappa shape index (κ2) is 9.78. The summed E-state index contributed by atoms with van der Waals surface area (Å²) < 4.78 is 45.0. The fraction of sp³-hybridized carbons (Fsp3) is 0.217. The number of benzene rings is 3. The number of ether oxygens (including phenoxy) is 3. The van der Waals surface area contributed by atoms with Gasteiger partial charge in [-0.05, 0) is 49.4 Å². The van der Waals surface area contributed by atoms with Crippen molar-refractivity contribution in [2.75, 3.05) is 25.6 Å². The van der Waals surface area contributed by atoms with Crippen LogP contribution >= 0.6 is 0 Å². The Bertz CT molecular complexity index is 1240. The van der Waals surface area contributed by atoms with Crippen molar-refractivity contribution in [3.63, 3.8) is 0 Å². The normalized spacial score (nSPS) is 12.0. The number of nitro benzene ring substituents is 1. The largest absolute Gasteiger partial charge is 0.497 e. The van der Waals surface area contributed by atoms with Gasteiger partial charge in [-0.2, -0.15) is 0 Å². The molecule has 0 amide bonds. The van der Waals surface area contributed by atoms with Gasteiger partial charge in [0.2, 0.25) is 0 Å². The van der Waals surface area contributed by atoms with E-state index in [0.717, 1.165) is 12.1 Å². The summed E-state index contributed by atoms with van der Waals surface area (Å²) in [5, 5.41) is 11.0. The maximum Gasteiger partial charge on any atom is 0.269 e. The molecule has 3 aromatic rings. The number of hydrogen-bond acceptors (Lipinski definition) is 7. The molecule has 0 heterocycles. The van der Waals surface area contributed by atoms with Crippen molar-refractivity contribution in [1.82, 2.24) is 0 Å². The molecule has 0 aromatic heterocycles. The summed E-state index contributed by atoms with van der Waals surface area (Å²) in [5.74, 6) is 1.49. The number of rotatable bonds is 9. The highest BCUT2D eigenvalue weighted by Gasteiger charge is 2.32. The molecule has 0 spiro atoms. The van der Waals surface area contributed by atoms with E-state index in [0.29, 0.717) is 28.5 Å². The van der Waals surface area contributed by atoms with Crippen molar-refractivity contribution in [2.45, 2.75) is 17.9 Å². The van der Waals surface area contributed by atoms with Crippen molar-refractivity contribution >= 4 is 21.4 Å². The van der Waals surface area contributed by atoms with Gasteiger partial charge in [0, 0.05) is 23.8 Å². The smallest absolute Gasteiger partial charge is 0.269 e. The minimum absolute atomic E-state index is 0.0929. The van der Waals surface area contributed by atoms with Crippen molar-refractivity contribution in [1.29, 1.82) is 0 Å². The highest BCUT2D eigenvalue weighted by Crippen LogP contribution is 2.39. The van der Waals surface area contributed by atoms with Gasteiger partial charge in [-0.1, -0.05) is 6.07 Å². The molecule has 0 bridgehead atoms. The van der Waals surface area contributed by atoms with Gasteiger partial charge in [0.15, 0.2) is 0 Å². The minimum Gasteiger partial charge on any atom is -0.497 e. The molecule has 3 rings (SSSR count). The molecule has 0 saturated carbocycles. The topological polar surface area (TPSA) is 108 Å². The lowest BCUT2D eigenvalue weighted by molar-refractivity contribution is -0.384. The highest BCUT2D eigenvalue weighted by molar-refractivity contribution is 7.92. The molecule has 1 atom stereocenters. The molecule has 174 valence electrons. The third-order valence-corrected chi connectivity index (χ3v) is 7.06. The van der Waals surface area contributed by atoms with E-state index in [1.54, 1.807) is 49.4 Å². The maximum absolute atomic E-state index is 13.8. The fourth-order valence-corrected chi connectivity index (χ4v) is 5.09. The second-order valence-electron chi connectivity index (χ2n) is 7.04. The first kappa shape index (κ1) is 23.9. The number of non-ortho nitro benzene ring substituents is 1. The van der Waals surface area contributed by atoms with Crippen LogP contribution in [0.1, 0.15) is 18.5 Å². The Labute approximate surface area is 192 Å². The fourth-order valence-electron chi connectivity index (χ4n) is 3.46. The zero-order valence-corrected chi connectivity index (χ0v) is 19.4. The molecule has 0 aliphatic rings. The lowest BCUT2D eigenvalue weighted by Crippen LogP contribution is -2.34. The molecular weight excluding hydrogens is 448 g/mol. The molecule has 0 aliphatic heterocycles. The monoisotopic (exact) mass is 472 g/mol. The van der Waals surface area contributed by atoms with Crippen LogP contribution < -0.4 is 18.5 Å². The molecule has 3 aromatic carbocycles. The van der Waals surface area contributed by atoms with Gasteiger partial charge in [0.25, 0.3) is 15.7 Å². The molecule has 0 unspecified atom stereocenters. The van der Waals surface area contributed by atoms with Crippen LogP contribution in [0, 0.1) is 10.1 Å². The maximum atomic E-state index is 13.8. The van der Waals surface area contributed by atoms with Crippen LogP contribution in [-0.2, 0) is 10.0 Å². The quantitative estimate of drug-likeness (QED) is 0.331. The lowest BCUT2D eigenvalue weighted by Gasteiger charge is -2.32. The average Bonchev–Trinajstić information content (AvgIpc) is 2.83. The Balaban J connectivity index is 2.21. The summed E-state index contributed by atoms with van der Waals surface area (Å²) in [5.41, 5.74) is 0.722. The van der Waals surface area contributed by atoms with Crippen molar-refractivity contribution < 1.29 is 27.6 Å². The Morgan fingerprint density at radius 1 is 0.879 bits per heavy atom. The number of methoxy groups -OCH3 is 3. The first-order valence-corrected chi connectivity index (χ1v) is 11.3. The van der Waals surface area contributed by atoms with Gasteiger partial charge in [0.05, 0.1) is 42.9 Å². The van der Waals surface area contributed by atoms with Crippen LogP contribution in [0.15, 0.2) is 71.6 Å². The van der Waals surface area contributed by atoms with Crippen LogP contribution in [0.25, 0.3) is 0 Å². The second-order valence-corrected chi connectivity index (χ2v) is 8.85. The third kappa shape index (κ3) is 4.85. The van der Waals surface area contributed by atoms with Gasteiger partial charge in [0.1, 0.15) is 17.2 Å². The summed E-state index contributed by atoms with van der Waals surface area (Å²) in [6, 6.07) is 15.8. The Morgan fingerprint density at radius 3 is 2.09 bits per heavy atom. The number of nitrogens with zero attached hydrogens (tertiary/aromatic N) is 2. The first-order valence-electron chi connectivity index (χ1n) is 9.87. The molecular formula is C23H24N2O7S. The summed E-state index contributed by atoms with van der Waals surface area (Å²) in [6.45, 7) is 1.72. The summed E-state index contributed by atoms with van der Waals surface area (Å²) >= 11 is 0. The standard InChI is InChI=1S/C23H24N2O7S/c1-16(22-15-20(31-3)10-13-23(22)32-4)24(18-6-5-7-19(14-18)30-2)33(28,29)21-11-8-17(9-12-21)25(26)27/h5-16H,1-4H3/t16-/m0/s1. The molecule has 0 N–H and O–H groups in total. The van der Waals surface area contributed by atoms with Gasteiger partial charge >= 0.3 is 0 Å². The van der Waals surface area contributed by atoms with Crippen LogP contribution in [0.4, 0.5) is 11.4 Å². The van der Waals surface area contributed by atoms with Crippen molar-refractivity contribution in [2.24, 2.45) is 0 Å². The predicted molar refractivity (Wildman–Crippen MR) is 124 cm³/mol. The molecule has 0 fully saturated rings. The third-order valence-electron chi connectivity index (χ3n) is 5.15. The minimum atomic E-state index is -4.15. The molecule has 0 aliphatic carbocycles. The number of hydrogen-bond donors (Lipinski definition) is 0. The van der Waals surface area contributed by atoms with Gasteiger partial charge < -0.3 is 14.2 Å². The Kier molecular flexibility index (Phi) is 7.07. The van der Waals surface area contributed by atoms with Crippen LogP contribution in [0.2, 0.25) is 0 Å². The molecule has 9 nitrogen and oxygen atoms in total. The van der Waals surface area contributed by atoms with E-state index in [2.05, 4.69) is 0 Å². The molecule has 0 radical (unpaired) electrons. The van der Waals surface area contributed by atoms with E-state index in [-0.39, 0.29) is 10.6 Å². The predicted octanol–water partition coefficient (Wildman–Crippen LogP) is 4.58. The molecule has 10 heteroatoms. The number of sulfonamides is 1. The Hall–Kier alpha value is -3.79. The van der Waals surface area contributed by atoms with Crippen molar-refractivity contribution in [3.8, 4) is 17.2 Å². The number of nitro groups is 1. The van der Waals surface area contributed by atoms with E-state index in [9.17, 15) is 18.5 Å². The van der Waals surface area contributed by atoms with Crippen LogP contribution in [-0.4, -0.2) is 34.7 Å². The molecule has 33 heavy (non-hydrogen) atoms. The lowest BCUT2D eigenvalue weighted by atomic mass is 10.1. The van der Waals surface area contributed by atoms with E-state index in [4.69, 9.17) is 14.2 Å². The van der Waals surface area contributed by atoms with E-state index in [1.165, 1.54) is 37.8 Å². The summed E-state index contributed by atoms with van der Waals surface area (Å²) in [7, 11) is 0.351. The SMILES string of the molecule is COc1cccc(N([C@@H](C)c2cc(OC)ccc2OC)S(=O)(=O)c2ccc([N+](=O)[O-])cc2)c1. The van der Waals surface area contributed by atoms with Crippen LogP contribution in [0.3, 0.4) is 0 Å². The highest BCUT2D eigenvalue weighted by atomic mass is 32.2. The van der Waals surface area contributed by atoms with Gasteiger partial charge in [-0.3, -0.25) is 14.4 Å².